The maximum absolute atomic E-state index is 12.1. The second-order valence-electron chi connectivity index (χ2n) is 4.81. The van der Waals surface area contributed by atoms with Crippen molar-refractivity contribution in [3.8, 4) is 0 Å². The van der Waals surface area contributed by atoms with Crippen LogP contribution in [0.3, 0.4) is 0 Å². The van der Waals surface area contributed by atoms with Gasteiger partial charge < -0.3 is 30.1 Å². The lowest BCUT2D eigenvalue weighted by atomic mass is 9.96. The van der Waals surface area contributed by atoms with Gasteiger partial charge in [-0.2, -0.15) is 0 Å². The number of nitrogens with one attached hydrogen (secondary N) is 1. The van der Waals surface area contributed by atoms with E-state index in [0.29, 0.717) is 5.56 Å². The highest BCUT2D eigenvalue weighted by atomic mass is 16.7. The Morgan fingerprint density at radius 1 is 1.29 bits per heavy atom. The number of hydrogen-bond acceptors (Lipinski definition) is 6. The first-order valence-electron chi connectivity index (χ1n) is 6.59. The highest BCUT2D eigenvalue weighted by molar-refractivity contribution is 5.94. The third kappa shape index (κ3) is 3.39. The summed E-state index contributed by atoms with van der Waals surface area (Å²) in [4.78, 5) is 12.1. The first-order chi connectivity index (χ1) is 10.1. The van der Waals surface area contributed by atoms with Crippen LogP contribution in [0, 0.1) is 0 Å². The van der Waals surface area contributed by atoms with Gasteiger partial charge in [0.2, 0.25) is 0 Å². The number of methoxy groups -OCH3 is 1. The number of hydrogen-bond donors (Lipinski definition) is 4. The van der Waals surface area contributed by atoms with E-state index in [9.17, 15) is 20.1 Å². The topological polar surface area (TPSA) is 108 Å². The molecule has 7 nitrogen and oxygen atoms in total. The first kappa shape index (κ1) is 15.9. The van der Waals surface area contributed by atoms with E-state index in [1.54, 1.807) is 30.3 Å². The van der Waals surface area contributed by atoms with Crippen molar-refractivity contribution in [1.29, 1.82) is 0 Å². The zero-order valence-corrected chi connectivity index (χ0v) is 11.5. The standard InChI is InChI=1S/C14H19NO6/c1-20-14-12(18)10(11(17)9(7-16)21-14)15-13(19)8-5-3-2-4-6-8/h2-6,9-12,14,16-18H,7H2,1H3,(H,15,19)/t9-,10+,11+,12+,14+/m0/s1. The number of ether oxygens (including phenoxy) is 2. The molecule has 0 bridgehead atoms. The zero-order valence-electron chi connectivity index (χ0n) is 11.5. The Labute approximate surface area is 122 Å². The predicted molar refractivity (Wildman–Crippen MR) is 72.5 cm³/mol. The van der Waals surface area contributed by atoms with Gasteiger partial charge in [0.15, 0.2) is 6.29 Å². The van der Waals surface area contributed by atoms with Crippen molar-refractivity contribution in [2.24, 2.45) is 0 Å². The Hall–Kier alpha value is -1.51. The molecule has 1 saturated heterocycles. The number of aliphatic hydroxyl groups is 3. The quantitative estimate of drug-likeness (QED) is 0.560. The molecule has 1 aliphatic rings. The highest BCUT2D eigenvalue weighted by Gasteiger charge is 2.45. The molecule has 1 amide bonds. The summed E-state index contributed by atoms with van der Waals surface area (Å²) in [5, 5.41) is 31.9. The van der Waals surface area contributed by atoms with E-state index in [2.05, 4.69) is 5.32 Å². The fourth-order valence-electron chi connectivity index (χ4n) is 2.28. The van der Waals surface area contributed by atoms with Crippen LogP contribution < -0.4 is 5.32 Å². The van der Waals surface area contributed by atoms with Crippen LogP contribution in [-0.4, -0.2) is 65.6 Å². The van der Waals surface area contributed by atoms with Gasteiger partial charge in [0.25, 0.3) is 5.91 Å². The summed E-state index contributed by atoms with van der Waals surface area (Å²) in [6, 6.07) is 7.42. The minimum atomic E-state index is -1.25. The van der Waals surface area contributed by atoms with E-state index in [4.69, 9.17) is 9.47 Å². The van der Waals surface area contributed by atoms with Crippen LogP contribution in [0.1, 0.15) is 10.4 Å². The van der Waals surface area contributed by atoms with Crippen LogP contribution in [0.15, 0.2) is 30.3 Å². The average molecular weight is 297 g/mol. The fraction of sp³-hybridized carbons (Fsp3) is 0.500. The second-order valence-corrected chi connectivity index (χ2v) is 4.81. The summed E-state index contributed by atoms with van der Waals surface area (Å²) in [6.07, 6.45) is -4.48. The molecule has 0 aromatic heterocycles. The maximum atomic E-state index is 12.1. The molecule has 116 valence electrons. The molecular formula is C14H19NO6. The lowest BCUT2D eigenvalue weighted by molar-refractivity contribution is -0.270. The van der Waals surface area contributed by atoms with Crippen LogP contribution in [0.5, 0.6) is 0 Å². The molecule has 5 atom stereocenters. The van der Waals surface area contributed by atoms with Crippen molar-refractivity contribution in [3.05, 3.63) is 35.9 Å². The third-order valence-electron chi connectivity index (χ3n) is 3.45. The Balaban J connectivity index is 2.13. The smallest absolute Gasteiger partial charge is 0.251 e. The van der Waals surface area contributed by atoms with Gasteiger partial charge in [-0.05, 0) is 12.1 Å². The third-order valence-corrected chi connectivity index (χ3v) is 3.45. The SMILES string of the molecule is CO[C@@H]1O[C@@H](CO)[C@@H](O)[C@@H](NC(=O)c2ccccc2)[C@H]1O. The number of aliphatic hydroxyl groups excluding tert-OH is 3. The van der Waals surface area contributed by atoms with Gasteiger partial charge in [-0.1, -0.05) is 18.2 Å². The molecule has 0 saturated carbocycles. The Bertz CT molecular complexity index is 452. The summed E-state index contributed by atoms with van der Waals surface area (Å²) >= 11 is 0. The molecule has 4 N–H and O–H groups in total. The largest absolute Gasteiger partial charge is 0.394 e. The van der Waals surface area contributed by atoms with Crippen LogP contribution in [0.4, 0.5) is 0 Å². The molecule has 7 heteroatoms. The monoisotopic (exact) mass is 297 g/mol. The molecule has 1 heterocycles. The molecular weight excluding hydrogens is 278 g/mol. The fourth-order valence-corrected chi connectivity index (χ4v) is 2.28. The summed E-state index contributed by atoms with van der Waals surface area (Å²) < 4.78 is 10.2. The molecule has 21 heavy (non-hydrogen) atoms. The van der Waals surface area contributed by atoms with Crippen molar-refractivity contribution in [3.63, 3.8) is 0 Å². The summed E-state index contributed by atoms with van der Waals surface area (Å²) in [5.41, 5.74) is 0.401. The maximum Gasteiger partial charge on any atom is 0.251 e. The molecule has 1 aromatic rings. The zero-order chi connectivity index (χ0) is 15.4. The average Bonchev–Trinajstić information content (AvgIpc) is 2.52. The molecule has 1 aromatic carbocycles. The number of carbonyl (C=O) groups excluding carboxylic acids is 1. The Morgan fingerprint density at radius 3 is 2.52 bits per heavy atom. The van der Waals surface area contributed by atoms with Gasteiger partial charge in [-0.3, -0.25) is 4.79 Å². The van der Waals surface area contributed by atoms with Gasteiger partial charge >= 0.3 is 0 Å². The van der Waals surface area contributed by atoms with E-state index in [0.717, 1.165) is 0 Å². The van der Waals surface area contributed by atoms with Crippen molar-refractivity contribution in [1.82, 2.24) is 5.32 Å². The van der Waals surface area contributed by atoms with Crippen LogP contribution in [-0.2, 0) is 9.47 Å². The van der Waals surface area contributed by atoms with Crippen LogP contribution >= 0.6 is 0 Å². The molecule has 2 rings (SSSR count). The van der Waals surface area contributed by atoms with E-state index >= 15 is 0 Å². The van der Waals surface area contributed by atoms with Gasteiger partial charge in [-0.25, -0.2) is 0 Å². The number of rotatable bonds is 4. The number of carbonyl (C=O) groups is 1. The van der Waals surface area contributed by atoms with E-state index in [-0.39, 0.29) is 0 Å². The highest BCUT2D eigenvalue weighted by Crippen LogP contribution is 2.22. The Kier molecular flexibility index (Phi) is 5.27. The number of amides is 1. The predicted octanol–water partition coefficient (Wildman–Crippen LogP) is -1.13. The van der Waals surface area contributed by atoms with Crippen molar-refractivity contribution in [2.75, 3.05) is 13.7 Å². The number of benzene rings is 1. The normalized spacial score (nSPS) is 32.7. The summed E-state index contributed by atoms with van der Waals surface area (Å²) in [7, 11) is 1.33. The van der Waals surface area contributed by atoms with E-state index in [1.807, 2.05) is 0 Å². The lowest BCUT2D eigenvalue weighted by Gasteiger charge is -2.41. The van der Waals surface area contributed by atoms with E-state index in [1.165, 1.54) is 7.11 Å². The molecule has 1 aliphatic heterocycles. The van der Waals surface area contributed by atoms with Gasteiger partial charge in [0.05, 0.1) is 12.6 Å². The first-order valence-corrected chi connectivity index (χ1v) is 6.59. The summed E-state index contributed by atoms with van der Waals surface area (Å²) in [6.45, 7) is -0.453. The Morgan fingerprint density at radius 2 is 1.95 bits per heavy atom. The van der Waals surface area contributed by atoms with Crippen LogP contribution in [0.25, 0.3) is 0 Å². The van der Waals surface area contributed by atoms with E-state index < -0.39 is 43.2 Å². The molecule has 0 unspecified atom stereocenters. The molecule has 1 fully saturated rings. The van der Waals surface area contributed by atoms with Gasteiger partial charge in [-0.15, -0.1) is 0 Å². The van der Waals surface area contributed by atoms with Crippen molar-refractivity contribution < 1.29 is 29.6 Å². The minimum Gasteiger partial charge on any atom is -0.394 e. The minimum absolute atomic E-state index is 0.401. The molecule has 0 aliphatic carbocycles. The molecule has 0 spiro atoms. The van der Waals surface area contributed by atoms with Gasteiger partial charge in [0, 0.05) is 12.7 Å². The van der Waals surface area contributed by atoms with Gasteiger partial charge in [0.1, 0.15) is 18.3 Å². The summed E-state index contributed by atoms with van der Waals surface area (Å²) in [5.74, 6) is -0.438. The van der Waals surface area contributed by atoms with Crippen LogP contribution in [0.2, 0.25) is 0 Å². The van der Waals surface area contributed by atoms with Crippen molar-refractivity contribution >= 4 is 5.91 Å². The lowest BCUT2D eigenvalue weighted by Crippen LogP contribution is -2.64. The van der Waals surface area contributed by atoms with Crippen molar-refractivity contribution in [2.45, 2.75) is 30.6 Å². The molecule has 0 radical (unpaired) electrons. The second kappa shape index (κ2) is 6.97.